The first kappa shape index (κ1) is 28.6. The van der Waals surface area contributed by atoms with Gasteiger partial charge in [-0.15, -0.1) is 0 Å². The van der Waals surface area contributed by atoms with Gasteiger partial charge >= 0.3 is 0 Å². The van der Waals surface area contributed by atoms with E-state index in [1.807, 2.05) is 43.3 Å². The molecule has 1 fully saturated rings. The minimum atomic E-state index is -2.08. The van der Waals surface area contributed by atoms with Gasteiger partial charge in [0, 0.05) is 5.56 Å². The quantitative estimate of drug-likeness (QED) is 0.263. The van der Waals surface area contributed by atoms with Crippen molar-refractivity contribution in [3.63, 3.8) is 0 Å². The molecule has 36 heavy (non-hydrogen) atoms. The van der Waals surface area contributed by atoms with Crippen LogP contribution in [0.4, 0.5) is 0 Å². The van der Waals surface area contributed by atoms with Crippen molar-refractivity contribution in [2.75, 3.05) is 0 Å². The van der Waals surface area contributed by atoms with E-state index >= 15 is 0 Å². The van der Waals surface area contributed by atoms with Crippen LogP contribution < -0.4 is 5.32 Å². The van der Waals surface area contributed by atoms with Gasteiger partial charge in [-0.05, 0) is 51.2 Å². The molecule has 1 aromatic carbocycles. The predicted molar refractivity (Wildman–Crippen MR) is 149 cm³/mol. The predicted octanol–water partition coefficient (Wildman–Crippen LogP) is 7.00. The molecule has 5 atom stereocenters. The Morgan fingerprint density at radius 3 is 2.58 bits per heavy atom. The summed E-state index contributed by atoms with van der Waals surface area (Å²) >= 11 is 0. The Balaban J connectivity index is 1.92. The van der Waals surface area contributed by atoms with E-state index in [1.165, 1.54) is 0 Å². The summed E-state index contributed by atoms with van der Waals surface area (Å²) < 4.78 is 19.8. The van der Waals surface area contributed by atoms with Gasteiger partial charge in [-0.3, -0.25) is 4.79 Å². The van der Waals surface area contributed by atoms with E-state index in [4.69, 9.17) is 13.9 Å². The van der Waals surface area contributed by atoms with Crippen molar-refractivity contribution in [1.82, 2.24) is 5.32 Å². The highest BCUT2D eigenvalue weighted by Gasteiger charge is 2.46. The molecular weight excluding hydrogens is 466 g/mol. The molecule has 2 heterocycles. The lowest BCUT2D eigenvalue weighted by atomic mass is 9.90. The molecule has 0 aromatic heterocycles. The van der Waals surface area contributed by atoms with Crippen LogP contribution in [0.25, 0.3) is 0 Å². The van der Waals surface area contributed by atoms with Crippen molar-refractivity contribution in [2.45, 2.75) is 109 Å². The first-order valence-corrected chi connectivity index (χ1v) is 16.1. The second-order valence-electron chi connectivity index (χ2n) is 11.9. The highest BCUT2D eigenvalue weighted by molar-refractivity contribution is 6.74. The zero-order chi connectivity index (χ0) is 26.6. The van der Waals surface area contributed by atoms with Gasteiger partial charge in [0.1, 0.15) is 6.10 Å². The number of nitrogens with one attached hydrogen (secondary N) is 1. The monoisotopic (exact) mass is 511 g/mol. The highest BCUT2D eigenvalue weighted by Crippen LogP contribution is 2.43. The van der Waals surface area contributed by atoms with Gasteiger partial charge in [0.2, 0.25) is 5.91 Å². The van der Waals surface area contributed by atoms with Crippen molar-refractivity contribution in [3.8, 4) is 0 Å². The molecule has 1 N–H and O–H groups in total. The van der Waals surface area contributed by atoms with Crippen molar-refractivity contribution < 1.29 is 18.7 Å². The van der Waals surface area contributed by atoms with Gasteiger partial charge < -0.3 is 19.2 Å². The zero-order valence-corrected chi connectivity index (χ0v) is 24.2. The van der Waals surface area contributed by atoms with Gasteiger partial charge in [0.25, 0.3) is 0 Å². The number of carbonyl (C=O) groups is 1. The molecule has 3 rings (SSSR count). The average Bonchev–Trinajstić information content (AvgIpc) is 3.12. The second kappa shape index (κ2) is 11.6. The summed E-state index contributed by atoms with van der Waals surface area (Å²) in [5.74, 6) is 0.0157. The molecule has 2 aliphatic rings. The van der Waals surface area contributed by atoms with Crippen molar-refractivity contribution in [1.29, 1.82) is 0 Å². The molecule has 6 heteroatoms. The summed E-state index contributed by atoms with van der Waals surface area (Å²) in [5.41, 5.74) is 1.55. The molecule has 1 saturated heterocycles. The average molecular weight is 512 g/mol. The summed E-state index contributed by atoms with van der Waals surface area (Å²) in [7, 11) is -2.08. The van der Waals surface area contributed by atoms with Crippen molar-refractivity contribution >= 4 is 14.2 Å². The summed E-state index contributed by atoms with van der Waals surface area (Å²) in [6.45, 7) is 19.2. The molecule has 1 amide bonds. The number of amides is 1. The Labute approximate surface area is 219 Å². The fourth-order valence-corrected chi connectivity index (χ4v) is 5.91. The molecule has 5 nitrogen and oxygen atoms in total. The first-order chi connectivity index (χ1) is 16.8. The van der Waals surface area contributed by atoms with Crippen molar-refractivity contribution in [2.24, 2.45) is 0 Å². The van der Waals surface area contributed by atoms with E-state index in [0.29, 0.717) is 12.8 Å². The molecule has 0 aliphatic carbocycles. The van der Waals surface area contributed by atoms with E-state index in [0.717, 1.165) is 24.0 Å². The number of hydrogen-bond acceptors (Lipinski definition) is 4. The molecule has 1 aromatic rings. The van der Waals surface area contributed by atoms with Crippen LogP contribution in [0.3, 0.4) is 0 Å². The number of allylic oxidation sites excluding steroid dienone is 2. The maximum absolute atomic E-state index is 13.2. The fourth-order valence-electron chi connectivity index (χ4n) is 4.53. The third kappa shape index (κ3) is 7.06. The Kier molecular flexibility index (Phi) is 9.20. The van der Waals surface area contributed by atoms with E-state index < -0.39 is 20.2 Å². The minimum absolute atomic E-state index is 0.0157. The Morgan fingerprint density at radius 2 is 1.94 bits per heavy atom. The lowest BCUT2D eigenvalue weighted by Crippen LogP contribution is -2.47. The summed E-state index contributed by atoms with van der Waals surface area (Å²) in [6, 6.07) is 9.97. The van der Waals surface area contributed by atoms with Gasteiger partial charge in [-0.1, -0.05) is 87.6 Å². The molecule has 0 bridgehead atoms. The summed E-state index contributed by atoms with van der Waals surface area (Å²) in [6.07, 6.45) is 9.58. The maximum Gasteiger partial charge on any atom is 0.223 e. The van der Waals surface area contributed by atoms with Crippen LogP contribution in [0.2, 0.25) is 18.1 Å². The normalized spacial score (nSPS) is 30.6. The smallest absolute Gasteiger partial charge is 0.223 e. The Morgan fingerprint density at radius 1 is 1.25 bits per heavy atom. The standard InChI is InChI=1S/C30H45NO4Si/c1-9-14-22(2)25-17-13-18-26-30(6,34-28(33-26)23-15-11-10-12-16-23)20-19-24(21-27(32)31-25)35-36(7,8)29(3,4)5/h9-16,18,24-26,28H,1,17,19-21H2,2-8H3,(H,31,32)/t24?,25-,26-,28-,30+/m0/s1. The minimum Gasteiger partial charge on any atom is -0.413 e. The fraction of sp³-hybridized carbons (Fsp3) is 0.567. The first-order valence-electron chi connectivity index (χ1n) is 13.2. The lowest BCUT2D eigenvalue weighted by molar-refractivity contribution is -0.123. The van der Waals surface area contributed by atoms with E-state index in [1.54, 1.807) is 6.08 Å². The van der Waals surface area contributed by atoms with Crippen LogP contribution >= 0.6 is 0 Å². The van der Waals surface area contributed by atoms with Crippen LogP contribution in [-0.2, 0) is 18.7 Å². The van der Waals surface area contributed by atoms with Crippen LogP contribution in [0.15, 0.2) is 66.8 Å². The number of fused-ring (bicyclic) bond motifs is 1. The molecule has 0 radical (unpaired) electrons. The second-order valence-corrected chi connectivity index (χ2v) is 16.7. The Hall–Kier alpha value is -1.99. The third-order valence-electron chi connectivity index (χ3n) is 7.91. The topological polar surface area (TPSA) is 56.8 Å². The molecular formula is C30H45NO4Si. The molecule has 0 spiro atoms. The van der Waals surface area contributed by atoms with Crippen molar-refractivity contribution in [3.05, 3.63) is 72.4 Å². The summed E-state index contributed by atoms with van der Waals surface area (Å²) in [5, 5.41) is 3.29. The largest absolute Gasteiger partial charge is 0.413 e. The van der Waals surface area contributed by atoms with Gasteiger partial charge in [0.15, 0.2) is 14.6 Å². The van der Waals surface area contributed by atoms with Gasteiger partial charge in [-0.25, -0.2) is 0 Å². The van der Waals surface area contributed by atoms with E-state index in [9.17, 15) is 4.79 Å². The maximum atomic E-state index is 13.2. The lowest BCUT2D eigenvalue weighted by Gasteiger charge is -2.40. The number of carbonyl (C=O) groups excluding carboxylic acids is 1. The molecule has 0 saturated carbocycles. The number of hydrogen-bond donors (Lipinski definition) is 1. The van der Waals surface area contributed by atoms with Crippen LogP contribution in [-0.4, -0.2) is 38.1 Å². The number of rotatable bonds is 5. The van der Waals surface area contributed by atoms with Gasteiger partial charge in [-0.2, -0.15) is 0 Å². The summed E-state index contributed by atoms with van der Waals surface area (Å²) in [4.78, 5) is 13.2. The third-order valence-corrected chi connectivity index (χ3v) is 12.4. The SMILES string of the molecule is C=CC=C(C)[C@@H]1CC=C[C@@H]2O[C@H](c3ccccc3)O[C@]2(C)CCC(O[Si](C)(C)C(C)(C)C)CC(=O)N1. The number of benzene rings is 1. The van der Waals surface area contributed by atoms with Crippen LogP contribution in [0, 0.1) is 0 Å². The van der Waals surface area contributed by atoms with E-state index in [2.05, 4.69) is 64.8 Å². The molecule has 1 unspecified atom stereocenters. The highest BCUT2D eigenvalue weighted by atomic mass is 28.4. The van der Waals surface area contributed by atoms with Gasteiger partial charge in [0.05, 0.1) is 24.2 Å². The molecule has 2 aliphatic heterocycles. The van der Waals surface area contributed by atoms with E-state index in [-0.39, 0.29) is 29.2 Å². The molecule has 198 valence electrons. The van der Waals surface area contributed by atoms with Crippen LogP contribution in [0.1, 0.15) is 72.2 Å². The zero-order valence-electron chi connectivity index (χ0n) is 23.2. The van der Waals surface area contributed by atoms with Crippen LogP contribution in [0.5, 0.6) is 0 Å². The Bertz CT molecular complexity index is 965. The number of ether oxygens (including phenoxy) is 2.